The summed E-state index contributed by atoms with van der Waals surface area (Å²) in [5.74, 6) is 0.266. The van der Waals surface area contributed by atoms with Crippen molar-refractivity contribution in [3.8, 4) is 27.9 Å². The molecule has 2 aliphatic heterocycles. The lowest BCUT2D eigenvalue weighted by Gasteiger charge is -2.35. The van der Waals surface area contributed by atoms with Gasteiger partial charge in [-0.3, -0.25) is 5.32 Å². The molecule has 4 heteroatoms. The lowest BCUT2D eigenvalue weighted by Crippen LogP contribution is -2.35. The summed E-state index contributed by atoms with van der Waals surface area (Å²) >= 11 is 1.87. The summed E-state index contributed by atoms with van der Waals surface area (Å²) in [5.41, 5.74) is 17.1. The summed E-state index contributed by atoms with van der Waals surface area (Å²) in [5, 5.41) is 9.36. The Morgan fingerprint density at radius 2 is 1.24 bits per heavy atom. The molecule has 1 saturated heterocycles. The molecule has 1 fully saturated rings. The first-order valence-electron chi connectivity index (χ1n) is 20.9. The molecular formula is C55H41N3S. The van der Waals surface area contributed by atoms with E-state index in [1.165, 1.54) is 103 Å². The third kappa shape index (κ3) is 4.79. The van der Waals surface area contributed by atoms with Crippen LogP contribution in [0.5, 0.6) is 0 Å². The lowest BCUT2D eigenvalue weighted by molar-refractivity contribution is 0.524. The number of thiophene rings is 1. The van der Waals surface area contributed by atoms with Crippen molar-refractivity contribution in [2.75, 3.05) is 11.4 Å². The summed E-state index contributed by atoms with van der Waals surface area (Å²) < 4.78 is 5.13. The van der Waals surface area contributed by atoms with Crippen LogP contribution in [0.2, 0.25) is 0 Å². The maximum Gasteiger partial charge on any atom is 0.106 e. The number of nitrogens with one attached hydrogen (secondary N) is 1. The molecule has 59 heavy (non-hydrogen) atoms. The molecule has 3 aliphatic rings. The third-order valence-corrected chi connectivity index (χ3v) is 15.0. The molecule has 1 N–H and O–H groups in total. The van der Waals surface area contributed by atoms with Crippen LogP contribution in [-0.2, 0) is 5.41 Å². The normalized spacial score (nSPS) is 18.8. The Morgan fingerprint density at radius 3 is 2.15 bits per heavy atom. The summed E-state index contributed by atoms with van der Waals surface area (Å²) in [6.45, 7) is 5.74. The number of benzene rings is 8. The Morgan fingerprint density at radius 1 is 0.542 bits per heavy atom. The topological polar surface area (TPSA) is 20.2 Å². The smallest absolute Gasteiger partial charge is 0.106 e. The Balaban J connectivity index is 0.868. The van der Waals surface area contributed by atoms with Gasteiger partial charge in [-0.15, -0.1) is 11.3 Å². The fourth-order valence-electron chi connectivity index (χ4n) is 11.1. The molecule has 2 bridgehead atoms. The fraction of sp³-hybridized carbons (Fsp3) is 0.127. The molecule has 0 spiro atoms. The van der Waals surface area contributed by atoms with Crippen LogP contribution in [-0.4, -0.2) is 17.2 Å². The molecule has 0 amide bonds. The van der Waals surface area contributed by atoms with Gasteiger partial charge >= 0.3 is 0 Å². The van der Waals surface area contributed by atoms with Crippen LogP contribution >= 0.6 is 11.3 Å². The number of anilines is 1. The fourth-order valence-corrected chi connectivity index (χ4v) is 12.2. The Hall–Kier alpha value is -6.46. The lowest BCUT2D eigenvalue weighted by atomic mass is 9.78. The molecule has 4 heterocycles. The minimum absolute atomic E-state index is 0.0266. The zero-order chi connectivity index (χ0) is 39.0. The highest BCUT2D eigenvalue weighted by Crippen LogP contribution is 2.52. The molecular weight excluding hydrogens is 735 g/mol. The molecule has 0 radical (unpaired) electrons. The van der Waals surface area contributed by atoms with Crippen LogP contribution in [0.4, 0.5) is 5.69 Å². The second-order valence-corrected chi connectivity index (χ2v) is 18.4. The van der Waals surface area contributed by atoms with Gasteiger partial charge < -0.3 is 9.47 Å². The van der Waals surface area contributed by atoms with E-state index >= 15 is 0 Å². The van der Waals surface area contributed by atoms with E-state index < -0.39 is 0 Å². The molecule has 2 aromatic heterocycles. The number of fused-ring (bicyclic) bond motifs is 13. The monoisotopic (exact) mass is 775 g/mol. The van der Waals surface area contributed by atoms with Crippen LogP contribution in [0, 0.1) is 0 Å². The van der Waals surface area contributed by atoms with Gasteiger partial charge in [0.2, 0.25) is 0 Å². The highest BCUT2D eigenvalue weighted by atomic mass is 32.1. The molecule has 282 valence electrons. The number of nitrogens with zero attached hydrogens (tertiary/aromatic N) is 2. The first kappa shape index (κ1) is 33.5. The summed E-state index contributed by atoms with van der Waals surface area (Å²) in [4.78, 5) is 2.60. The van der Waals surface area contributed by atoms with E-state index in [2.05, 4.69) is 205 Å². The van der Waals surface area contributed by atoms with E-state index in [4.69, 9.17) is 0 Å². The van der Waals surface area contributed by atoms with Crippen molar-refractivity contribution in [1.29, 1.82) is 0 Å². The second kappa shape index (κ2) is 12.3. The maximum atomic E-state index is 4.15. The van der Waals surface area contributed by atoms with Crippen molar-refractivity contribution in [2.45, 2.75) is 37.4 Å². The van der Waals surface area contributed by atoms with E-state index in [0.29, 0.717) is 6.04 Å². The number of aromatic nitrogens is 1. The number of hydrogen-bond donors (Lipinski definition) is 1. The number of hydrogen-bond acceptors (Lipinski definition) is 3. The van der Waals surface area contributed by atoms with Crippen molar-refractivity contribution >= 4 is 59.0 Å². The van der Waals surface area contributed by atoms with E-state index in [-0.39, 0.29) is 17.5 Å². The second-order valence-electron chi connectivity index (χ2n) is 17.3. The van der Waals surface area contributed by atoms with Crippen molar-refractivity contribution in [2.24, 2.45) is 0 Å². The Kier molecular flexibility index (Phi) is 6.97. The van der Waals surface area contributed by atoms with Crippen molar-refractivity contribution in [3.63, 3.8) is 0 Å². The van der Waals surface area contributed by atoms with Gasteiger partial charge in [0.15, 0.2) is 0 Å². The zero-order valence-corrected chi connectivity index (χ0v) is 33.8. The summed E-state index contributed by atoms with van der Waals surface area (Å²) in [7, 11) is 0. The number of rotatable bonds is 4. The third-order valence-electron chi connectivity index (χ3n) is 13.9. The summed E-state index contributed by atoms with van der Waals surface area (Å²) in [6, 6.07) is 66.6. The van der Waals surface area contributed by atoms with E-state index in [1.807, 2.05) is 11.3 Å². The average Bonchev–Trinajstić information content (AvgIpc) is 4.01. The van der Waals surface area contributed by atoms with Crippen molar-refractivity contribution < 1.29 is 0 Å². The van der Waals surface area contributed by atoms with Crippen molar-refractivity contribution in [3.05, 3.63) is 204 Å². The quantitative estimate of drug-likeness (QED) is 0.192. The first-order chi connectivity index (χ1) is 29.0. The maximum absolute atomic E-state index is 4.15. The summed E-state index contributed by atoms with van der Waals surface area (Å²) in [6.07, 6.45) is 0.0863. The minimum Gasteiger partial charge on any atom is -0.350 e. The van der Waals surface area contributed by atoms with E-state index in [9.17, 15) is 0 Å². The Labute approximate surface area is 347 Å². The molecule has 3 atom stereocenters. The predicted molar refractivity (Wildman–Crippen MR) is 248 cm³/mol. The van der Waals surface area contributed by atoms with Crippen LogP contribution in [0.1, 0.15) is 53.7 Å². The molecule has 3 nitrogen and oxygen atoms in total. The van der Waals surface area contributed by atoms with Gasteiger partial charge in [0, 0.05) is 66.2 Å². The molecule has 1 aliphatic carbocycles. The highest BCUT2D eigenvalue weighted by molar-refractivity contribution is 7.25. The molecule has 13 rings (SSSR count). The van der Waals surface area contributed by atoms with Crippen LogP contribution < -0.4 is 10.2 Å². The van der Waals surface area contributed by atoms with Crippen LogP contribution in [0.25, 0.3) is 69.9 Å². The van der Waals surface area contributed by atoms with Gasteiger partial charge in [0.1, 0.15) is 6.17 Å². The first-order valence-corrected chi connectivity index (χ1v) is 21.7. The standard InChI is InChI=1S/C55H41N3S/c1-55(2)45-15-7-3-11-38(45)39-26-22-36(30-46(39)55)53-43-14-5-8-16-48(43)57-32-47(53)56-54(57)33-19-24-37(25-20-33)58-49-17-9-4-12-40(49)41-27-21-35(31-50(41)58)34-23-28-52-44(29-34)42-13-6-10-18-51(42)59-52/h3-31,47,53-54,56H,32H2,1-2H3. The average molecular weight is 776 g/mol. The van der Waals surface area contributed by atoms with Gasteiger partial charge in [-0.25, -0.2) is 0 Å². The van der Waals surface area contributed by atoms with Crippen molar-refractivity contribution in [1.82, 2.24) is 9.88 Å². The van der Waals surface area contributed by atoms with Gasteiger partial charge in [-0.2, -0.15) is 0 Å². The van der Waals surface area contributed by atoms with Gasteiger partial charge in [-0.05, 0) is 98.6 Å². The van der Waals surface area contributed by atoms with E-state index in [0.717, 1.165) is 6.54 Å². The van der Waals surface area contributed by atoms with E-state index in [1.54, 1.807) is 0 Å². The van der Waals surface area contributed by atoms with Crippen LogP contribution in [0.15, 0.2) is 176 Å². The minimum atomic E-state index is -0.0266. The molecule has 10 aromatic rings. The van der Waals surface area contributed by atoms with Gasteiger partial charge in [0.05, 0.1) is 11.0 Å². The largest absolute Gasteiger partial charge is 0.350 e. The molecule has 0 saturated carbocycles. The van der Waals surface area contributed by atoms with Crippen LogP contribution in [0.3, 0.4) is 0 Å². The SMILES string of the molecule is CC1(C)c2ccccc2-c2ccc(C3c4ccccc4N4CC3NC4c3ccc(-n4c5ccccc5c5ccc(-c6ccc7sc8ccccc8c7c6)cc54)cc3)cc21. The zero-order valence-electron chi connectivity index (χ0n) is 33.0. The highest BCUT2D eigenvalue weighted by Gasteiger charge is 2.45. The van der Waals surface area contributed by atoms with Gasteiger partial charge in [0.25, 0.3) is 0 Å². The Bertz CT molecular complexity index is 3350. The molecule has 3 unspecified atom stereocenters. The molecule has 8 aromatic carbocycles. The van der Waals surface area contributed by atoms with Gasteiger partial charge in [-0.1, -0.05) is 141 Å². The predicted octanol–water partition coefficient (Wildman–Crippen LogP) is 13.7. The number of para-hydroxylation sites is 2.